The van der Waals surface area contributed by atoms with Gasteiger partial charge < -0.3 is 10.1 Å². The van der Waals surface area contributed by atoms with Crippen LogP contribution < -0.4 is 15.5 Å². The lowest BCUT2D eigenvalue weighted by atomic mass is 9.96. The zero-order valence-corrected chi connectivity index (χ0v) is 15.0. The minimum absolute atomic E-state index is 0.478. The first-order chi connectivity index (χ1) is 12.3. The molecular weight excluding hydrogens is 330 g/mol. The van der Waals surface area contributed by atoms with Crippen molar-refractivity contribution in [1.29, 1.82) is 0 Å². The van der Waals surface area contributed by atoms with Crippen LogP contribution in [-0.4, -0.2) is 17.4 Å². The molecule has 2 aromatic carbocycles. The molecule has 4 nitrogen and oxygen atoms in total. The molecule has 0 radical (unpaired) electrons. The van der Waals surface area contributed by atoms with E-state index in [0.717, 1.165) is 17.1 Å². The van der Waals surface area contributed by atoms with E-state index in [1.807, 2.05) is 54.6 Å². The van der Waals surface area contributed by atoms with Crippen molar-refractivity contribution in [3.63, 3.8) is 0 Å². The Balaban J connectivity index is 1.51. The maximum atomic E-state index is 5.83. The molecule has 0 aromatic heterocycles. The first kappa shape index (κ1) is 17.4. The molecule has 5 heteroatoms. The topological polar surface area (TPSA) is 45.7 Å². The molecule has 2 N–H and O–H groups in total. The van der Waals surface area contributed by atoms with Crippen molar-refractivity contribution in [1.82, 2.24) is 10.7 Å². The van der Waals surface area contributed by atoms with Crippen LogP contribution in [0.15, 0.2) is 59.7 Å². The summed E-state index contributed by atoms with van der Waals surface area (Å²) in [6, 6.07) is 18.0. The highest BCUT2D eigenvalue weighted by Crippen LogP contribution is 2.21. The Bertz CT molecular complexity index is 712. The molecule has 0 heterocycles. The number of para-hydroxylation sites is 1. The van der Waals surface area contributed by atoms with Crippen molar-refractivity contribution in [2.24, 2.45) is 5.10 Å². The van der Waals surface area contributed by atoms with Crippen LogP contribution in [0.2, 0.25) is 0 Å². The second kappa shape index (κ2) is 9.18. The summed E-state index contributed by atoms with van der Waals surface area (Å²) in [5.74, 6) is 1.59. The van der Waals surface area contributed by atoms with E-state index in [1.165, 1.54) is 32.1 Å². The van der Waals surface area contributed by atoms with E-state index in [2.05, 4.69) is 15.8 Å². The van der Waals surface area contributed by atoms with E-state index in [0.29, 0.717) is 11.2 Å². The van der Waals surface area contributed by atoms with E-state index in [-0.39, 0.29) is 0 Å². The highest BCUT2D eigenvalue weighted by atomic mass is 32.1. The molecule has 0 bridgehead atoms. The molecule has 1 fully saturated rings. The number of hydrazone groups is 1. The molecule has 0 unspecified atom stereocenters. The summed E-state index contributed by atoms with van der Waals surface area (Å²) < 4.78 is 5.83. The van der Waals surface area contributed by atoms with Crippen molar-refractivity contribution in [3.05, 3.63) is 60.2 Å². The lowest BCUT2D eigenvalue weighted by molar-refractivity contribution is 0.412. The van der Waals surface area contributed by atoms with Gasteiger partial charge in [-0.25, -0.2) is 0 Å². The lowest BCUT2D eigenvalue weighted by Crippen LogP contribution is -2.40. The summed E-state index contributed by atoms with van der Waals surface area (Å²) in [4.78, 5) is 0. The van der Waals surface area contributed by atoms with Gasteiger partial charge in [0.15, 0.2) is 5.11 Å². The van der Waals surface area contributed by atoms with Gasteiger partial charge in [-0.15, -0.1) is 0 Å². The van der Waals surface area contributed by atoms with Crippen LogP contribution in [0.3, 0.4) is 0 Å². The smallest absolute Gasteiger partial charge is 0.187 e. The minimum Gasteiger partial charge on any atom is -0.457 e. The summed E-state index contributed by atoms with van der Waals surface area (Å²) in [6.45, 7) is 0. The number of hydrogen-bond acceptors (Lipinski definition) is 3. The van der Waals surface area contributed by atoms with Gasteiger partial charge in [-0.1, -0.05) is 49.6 Å². The third-order valence-corrected chi connectivity index (χ3v) is 4.37. The molecule has 3 rings (SSSR count). The average molecular weight is 353 g/mol. The van der Waals surface area contributed by atoms with E-state index in [4.69, 9.17) is 17.0 Å². The van der Waals surface area contributed by atoms with Crippen molar-refractivity contribution in [2.75, 3.05) is 0 Å². The first-order valence-corrected chi connectivity index (χ1v) is 9.13. The summed E-state index contributed by atoms with van der Waals surface area (Å²) >= 11 is 5.30. The monoisotopic (exact) mass is 353 g/mol. The van der Waals surface area contributed by atoms with Crippen molar-refractivity contribution in [2.45, 2.75) is 38.1 Å². The van der Waals surface area contributed by atoms with Crippen molar-refractivity contribution in [3.8, 4) is 11.5 Å². The SMILES string of the molecule is S=C(N/N=C/c1cccc(Oc2ccccc2)c1)NC1CCCCC1. The Labute approximate surface area is 154 Å². The van der Waals surface area contributed by atoms with Gasteiger partial charge in [0.2, 0.25) is 0 Å². The fourth-order valence-electron chi connectivity index (χ4n) is 2.91. The lowest BCUT2D eigenvalue weighted by Gasteiger charge is -2.23. The maximum absolute atomic E-state index is 5.83. The second-order valence-corrected chi connectivity index (χ2v) is 6.57. The van der Waals surface area contributed by atoms with Gasteiger partial charge in [0, 0.05) is 6.04 Å². The molecule has 0 spiro atoms. The molecule has 2 aromatic rings. The predicted molar refractivity (Wildman–Crippen MR) is 106 cm³/mol. The van der Waals surface area contributed by atoms with Gasteiger partial charge >= 0.3 is 0 Å². The Morgan fingerprint density at radius 3 is 2.56 bits per heavy atom. The van der Waals surface area contributed by atoms with Crippen LogP contribution in [0.5, 0.6) is 11.5 Å². The van der Waals surface area contributed by atoms with Gasteiger partial charge in [-0.05, 0) is 54.9 Å². The van der Waals surface area contributed by atoms with Crippen molar-refractivity contribution < 1.29 is 4.74 Å². The Hall–Kier alpha value is -2.40. The summed E-state index contributed by atoms with van der Waals surface area (Å²) in [5, 5.41) is 8.14. The summed E-state index contributed by atoms with van der Waals surface area (Å²) in [7, 11) is 0. The van der Waals surface area contributed by atoms with Gasteiger partial charge in [0.05, 0.1) is 6.21 Å². The number of hydrogen-bond donors (Lipinski definition) is 2. The molecule has 25 heavy (non-hydrogen) atoms. The fourth-order valence-corrected chi connectivity index (χ4v) is 3.13. The number of nitrogens with one attached hydrogen (secondary N) is 2. The van der Waals surface area contributed by atoms with E-state index in [9.17, 15) is 0 Å². The van der Waals surface area contributed by atoms with E-state index >= 15 is 0 Å². The van der Waals surface area contributed by atoms with Crippen LogP contribution >= 0.6 is 12.2 Å². The Morgan fingerprint density at radius 2 is 1.76 bits per heavy atom. The minimum atomic E-state index is 0.478. The first-order valence-electron chi connectivity index (χ1n) is 8.72. The average Bonchev–Trinajstić information content (AvgIpc) is 2.64. The quantitative estimate of drug-likeness (QED) is 0.468. The largest absolute Gasteiger partial charge is 0.457 e. The van der Waals surface area contributed by atoms with Gasteiger partial charge in [0.25, 0.3) is 0 Å². The highest BCUT2D eigenvalue weighted by molar-refractivity contribution is 7.80. The Kier molecular flexibility index (Phi) is 6.40. The third kappa shape index (κ3) is 5.87. The van der Waals surface area contributed by atoms with Crippen LogP contribution in [0.4, 0.5) is 0 Å². The number of rotatable bonds is 5. The standard InChI is InChI=1S/C20H23N3OS/c25-20(22-17-9-3-1-4-10-17)23-21-15-16-8-7-13-19(14-16)24-18-11-5-2-6-12-18/h2,5-8,11-15,17H,1,3-4,9-10H2,(H2,22,23,25)/b21-15+. The van der Waals surface area contributed by atoms with Crippen LogP contribution in [-0.2, 0) is 0 Å². The fraction of sp³-hybridized carbons (Fsp3) is 0.300. The number of ether oxygens (including phenoxy) is 1. The summed E-state index contributed by atoms with van der Waals surface area (Å²) in [5.41, 5.74) is 3.84. The second-order valence-electron chi connectivity index (χ2n) is 6.17. The predicted octanol–water partition coefficient (Wildman–Crippen LogP) is 4.61. The molecule has 0 saturated heterocycles. The molecular formula is C20H23N3OS. The van der Waals surface area contributed by atoms with Gasteiger partial charge in [-0.2, -0.15) is 5.10 Å². The molecule has 1 aliphatic rings. The van der Waals surface area contributed by atoms with Gasteiger partial charge in [0.1, 0.15) is 11.5 Å². The van der Waals surface area contributed by atoms with Crippen LogP contribution in [0.25, 0.3) is 0 Å². The number of thiocarbonyl (C=S) groups is 1. The normalized spacial score (nSPS) is 15.0. The number of nitrogens with zero attached hydrogens (tertiary/aromatic N) is 1. The van der Waals surface area contributed by atoms with Crippen molar-refractivity contribution >= 4 is 23.5 Å². The van der Waals surface area contributed by atoms with Crippen LogP contribution in [0, 0.1) is 0 Å². The maximum Gasteiger partial charge on any atom is 0.187 e. The van der Waals surface area contributed by atoms with E-state index < -0.39 is 0 Å². The zero-order chi connectivity index (χ0) is 17.3. The number of benzene rings is 2. The Morgan fingerprint density at radius 1 is 1.00 bits per heavy atom. The molecule has 1 aliphatic carbocycles. The van der Waals surface area contributed by atoms with Crippen LogP contribution in [0.1, 0.15) is 37.7 Å². The molecule has 130 valence electrons. The molecule has 0 amide bonds. The third-order valence-electron chi connectivity index (χ3n) is 4.16. The highest BCUT2D eigenvalue weighted by Gasteiger charge is 2.13. The zero-order valence-electron chi connectivity index (χ0n) is 14.2. The molecule has 0 atom stereocenters. The van der Waals surface area contributed by atoms with Gasteiger partial charge in [-0.3, -0.25) is 5.43 Å². The molecule has 1 saturated carbocycles. The summed E-state index contributed by atoms with van der Waals surface area (Å²) in [6.07, 6.45) is 7.99. The molecule has 0 aliphatic heterocycles. The van der Waals surface area contributed by atoms with E-state index in [1.54, 1.807) is 6.21 Å².